The summed E-state index contributed by atoms with van der Waals surface area (Å²) in [6.45, 7) is 5.31. The van der Waals surface area contributed by atoms with Gasteiger partial charge < -0.3 is 4.90 Å². The molecule has 0 radical (unpaired) electrons. The number of anilines is 1. The Labute approximate surface area is 95.5 Å². The Kier molecular flexibility index (Phi) is 3.10. The van der Waals surface area contributed by atoms with Crippen LogP contribution in [0.25, 0.3) is 0 Å². The maximum Gasteiger partial charge on any atom is 0.137 e. The third-order valence-electron chi connectivity index (χ3n) is 3.07. The van der Waals surface area contributed by atoms with Crippen molar-refractivity contribution in [2.45, 2.75) is 39.2 Å². The normalized spacial score (nSPS) is 21.8. The topological polar surface area (TPSA) is 29.0 Å². The fourth-order valence-electron chi connectivity index (χ4n) is 2.12. The average molecular weight is 226 g/mol. The van der Waals surface area contributed by atoms with Gasteiger partial charge in [-0.05, 0) is 33.1 Å². The highest BCUT2D eigenvalue weighted by molar-refractivity contribution is 6.30. The van der Waals surface area contributed by atoms with Crippen LogP contribution in [0.2, 0.25) is 5.15 Å². The predicted octanol–water partition coefficient (Wildman–Crippen LogP) is 2.82. The van der Waals surface area contributed by atoms with Crippen LogP contribution in [0.1, 0.15) is 31.7 Å². The molecule has 0 N–H and O–H groups in total. The van der Waals surface area contributed by atoms with Crippen LogP contribution in [0.5, 0.6) is 0 Å². The first kappa shape index (κ1) is 10.7. The summed E-state index contributed by atoms with van der Waals surface area (Å²) in [5, 5.41) is 0.567. The van der Waals surface area contributed by atoms with Gasteiger partial charge in [0.15, 0.2) is 0 Å². The highest BCUT2D eigenvalue weighted by atomic mass is 35.5. The molecule has 0 spiro atoms. The molecule has 1 atom stereocenters. The van der Waals surface area contributed by atoms with Gasteiger partial charge in [-0.3, -0.25) is 0 Å². The van der Waals surface area contributed by atoms with E-state index in [0.717, 1.165) is 17.9 Å². The zero-order valence-corrected chi connectivity index (χ0v) is 9.96. The summed E-state index contributed by atoms with van der Waals surface area (Å²) in [5.41, 5.74) is 0.993. The Balaban J connectivity index is 2.31. The molecule has 1 aliphatic heterocycles. The van der Waals surface area contributed by atoms with E-state index in [1.165, 1.54) is 19.3 Å². The molecule has 1 aromatic heterocycles. The van der Waals surface area contributed by atoms with Gasteiger partial charge in [-0.25, -0.2) is 9.97 Å². The van der Waals surface area contributed by atoms with Gasteiger partial charge in [0.1, 0.15) is 17.3 Å². The third kappa shape index (κ3) is 2.07. The van der Waals surface area contributed by atoms with E-state index in [0.29, 0.717) is 11.2 Å². The smallest absolute Gasteiger partial charge is 0.137 e. The van der Waals surface area contributed by atoms with Crippen LogP contribution >= 0.6 is 11.6 Å². The molecule has 0 aliphatic carbocycles. The van der Waals surface area contributed by atoms with Gasteiger partial charge in [-0.15, -0.1) is 0 Å². The Bertz CT molecular complexity index is 354. The van der Waals surface area contributed by atoms with Crippen molar-refractivity contribution in [1.82, 2.24) is 9.97 Å². The number of aromatic nitrogens is 2. The zero-order valence-electron chi connectivity index (χ0n) is 9.20. The summed E-state index contributed by atoms with van der Waals surface area (Å²) in [7, 11) is 0. The van der Waals surface area contributed by atoms with E-state index in [9.17, 15) is 0 Å². The summed E-state index contributed by atoms with van der Waals surface area (Å²) in [5.74, 6) is 1.00. The Hall–Kier alpha value is -0.830. The molecule has 4 heteroatoms. The number of hydrogen-bond donors (Lipinski definition) is 0. The van der Waals surface area contributed by atoms with Crippen molar-refractivity contribution in [2.75, 3.05) is 11.4 Å². The average Bonchev–Trinajstić information content (AvgIpc) is 2.23. The van der Waals surface area contributed by atoms with Gasteiger partial charge in [-0.2, -0.15) is 0 Å². The second-order valence-corrected chi connectivity index (χ2v) is 4.51. The fourth-order valence-corrected chi connectivity index (χ4v) is 2.25. The summed E-state index contributed by atoms with van der Waals surface area (Å²) < 4.78 is 0. The Morgan fingerprint density at radius 3 is 2.93 bits per heavy atom. The van der Waals surface area contributed by atoms with Crippen molar-refractivity contribution in [2.24, 2.45) is 0 Å². The molecule has 3 nitrogen and oxygen atoms in total. The number of hydrogen-bond acceptors (Lipinski definition) is 3. The van der Waals surface area contributed by atoms with E-state index in [4.69, 9.17) is 11.6 Å². The third-order valence-corrected chi connectivity index (χ3v) is 3.45. The summed E-state index contributed by atoms with van der Waals surface area (Å²) in [4.78, 5) is 10.7. The van der Waals surface area contributed by atoms with Gasteiger partial charge in [0, 0.05) is 18.2 Å². The lowest BCUT2D eigenvalue weighted by Gasteiger charge is -2.35. The van der Waals surface area contributed by atoms with E-state index in [1.807, 2.05) is 6.92 Å². The molecule has 1 aromatic rings. The molecule has 0 amide bonds. The van der Waals surface area contributed by atoms with Gasteiger partial charge in [0.25, 0.3) is 0 Å². The van der Waals surface area contributed by atoms with Crippen molar-refractivity contribution in [3.8, 4) is 0 Å². The van der Waals surface area contributed by atoms with E-state index in [1.54, 1.807) is 6.33 Å². The zero-order chi connectivity index (χ0) is 10.8. The molecule has 82 valence electrons. The van der Waals surface area contributed by atoms with Crippen LogP contribution in [0, 0.1) is 6.92 Å². The van der Waals surface area contributed by atoms with Crippen LogP contribution in [0.15, 0.2) is 6.33 Å². The summed E-state index contributed by atoms with van der Waals surface area (Å²) in [6.07, 6.45) is 5.34. The maximum absolute atomic E-state index is 6.00. The van der Waals surface area contributed by atoms with Crippen LogP contribution in [-0.2, 0) is 0 Å². The first-order chi connectivity index (χ1) is 7.20. The minimum Gasteiger partial charge on any atom is -0.354 e. The highest BCUT2D eigenvalue weighted by Gasteiger charge is 2.21. The van der Waals surface area contributed by atoms with Crippen molar-refractivity contribution < 1.29 is 0 Å². The molecule has 1 aliphatic rings. The molecule has 0 bridgehead atoms. The van der Waals surface area contributed by atoms with Crippen molar-refractivity contribution >= 4 is 17.4 Å². The number of piperidine rings is 1. The molecular weight excluding hydrogens is 210 g/mol. The largest absolute Gasteiger partial charge is 0.354 e. The first-order valence-corrected chi connectivity index (χ1v) is 5.81. The highest BCUT2D eigenvalue weighted by Crippen LogP contribution is 2.27. The van der Waals surface area contributed by atoms with Gasteiger partial charge in [0.05, 0.1) is 0 Å². The van der Waals surface area contributed by atoms with Crippen LogP contribution < -0.4 is 4.90 Å². The lowest BCUT2D eigenvalue weighted by Crippen LogP contribution is -2.38. The summed E-state index contributed by atoms with van der Waals surface area (Å²) >= 11 is 6.00. The van der Waals surface area contributed by atoms with Crippen LogP contribution in [0.4, 0.5) is 5.82 Å². The van der Waals surface area contributed by atoms with E-state index in [2.05, 4.69) is 21.8 Å². The molecular formula is C11H16ClN3. The standard InChI is InChI=1S/C11H16ClN3/c1-8-5-3-4-6-15(8)11-9(2)10(12)13-7-14-11/h7-8H,3-6H2,1-2H3. The molecule has 2 heterocycles. The first-order valence-electron chi connectivity index (χ1n) is 5.44. The minimum absolute atomic E-state index is 0.559. The lowest BCUT2D eigenvalue weighted by atomic mass is 10.0. The Morgan fingerprint density at radius 1 is 1.40 bits per heavy atom. The van der Waals surface area contributed by atoms with E-state index < -0.39 is 0 Å². The minimum atomic E-state index is 0.559. The predicted molar refractivity (Wildman–Crippen MR) is 62.4 cm³/mol. The monoisotopic (exact) mass is 225 g/mol. The van der Waals surface area contributed by atoms with Crippen LogP contribution in [-0.4, -0.2) is 22.6 Å². The maximum atomic E-state index is 6.00. The SMILES string of the molecule is Cc1c(Cl)ncnc1N1CCCCC1C. The molecule has 0 saturated carbocycles. The van der Waals surface area contributed by atoms with Crippen molar-refractivity contribution in [3.05, 3.63) is 17.0 Å². The van der Waals surface area contributed by atoms with Gasteiger partial charge >= 0.3 is 0 Å². The van der Waals surface area contributed by atoms with Gasteiger partial charge in [-0.1, -0.05) is 11.6 Å². The van der Waals surface area contributed by atoms with E-state index in [-0.39, 0.29) is 0 Å². The van der Waals surface area contributed by atoms with Crippen LogP contribution in [0.3, 0.4) is 0 Å². The quantitative estimate of drug-likeness (QED) is 0.689. The molecule has 1 saturated heterocycles. The van der Waals surface area contributed by atoms with Gasteiger partial charge in [0.2, 0.25) is 0 Å². The second-order valence-electron chi connectivity index (χ2n) is 4.15. The number of nitrogens with zero attached hydrogens (tertiary/aromatic N) is 3. The number of halogens is 1. The van der Waals surface area contributed by atoms with E-state index >= 15 is 0 Å². The molecule has 0 aromatic carbocycles. The second kappa shape index (κ2) is 4.35. The van der Waals surface area contributed by atoms with Crippen molar-refractivity contribution in [1.29, 1.82) is 0 Å². The fraction of sp³-hybridized carbons (Fsp3) is 0.636. The molecule has 1 unspecified atom stereocenters. The summed E-state index contributed by atoms with van der Waals surface area (Å²) in [6, 6.07) is 0.559. The van der Waals surface area contributed by atoms with Crippen molar-refractivity contribution in [3.63, 3.8) is 0 Å². The molecule has 15 heavy (non-hydrogen) atoms. The molecule has 2 rings (SSSR count). The number of rotatable bonds is 1. The lowest BCUT2D eigenvalue weighted by molar-refractivity contribution is 0.480. The molecule has 1 fully saturated rings. The Morgan fingerprint density at radius 2 is 2.20 bits per heavy atom.